The normalized spacial score (nSPS) is 17.4. The van der Waals surface area contributed by atoms with Gasteiger partial charge in [-0.3, -0.25) is 24.7 Å². The maximum absolute atomic E-state index is 15.2. The molecule has 19 nitrogen and oxygen atoms in total. The summed E-state index contributed by atoms with van der Waals surface area (Å²) in [6.45, 7) is 21.8. The molecule has 418 valence electrons. The Hall–Kier alpha value is -7.03. The van der Waals surface area contributed by atoms with Crippen LogP contribution in [-0.4, -0.2) is 122 Å². The number of likely N-dealkylation sites (tertiary alicyclic amines) is 3. The molecule has 2 unspecified atom stereocenters. The Balaban J connectivity index is 0.000000192. The number of aromatic amines is 2. The van der Waals surface area contributed by atoms with Crippen molar-refractivity contribution in [1.29, 1.82) is 0 Å². The predicted molar refractivity (Wildman–Crippen MR) is 305 cm³/mol. The molecule has 7 aromatic rings. The van der Waals surface area contributed by atoms with Crippen molar-refractivity contribution >= 4 is 69.9 Å². The second-order valence-electron chi connectivity index (χ2n) is 21.8. The van der Waals surface area contributed by atoms with Crippen molar-refractivity contribution in [2.45, 2.75) is 144 Å². The molecule has 8 heterocycles. The number of benzene rings is 2. The number of aromatic nitrogens is 10. The first-order valence-electron chi connectivity index (χ1n) is 27.3. The molecule has 2 atom stereocenters. The number of amides is 2. The third kappa shape index (κ3) is 13.9. The lowest BCUT2D eigenvalue weighted by Crippen LogP contribution is -2.50. The van der Waals surface area contributed by atoms with Gasteiger partial charge in [0, 0.05) is 74.1 Å². The third-order valence-corrected chi connectivity index (χ3v) is 16.0. The summed E-state index contributed by atoms with van der Waals surface area (Å²) in [4.78, 5) is 54.1. The summed E-state index contributed by atoms with van der Waals surface area (Å²) in [5, 5.41) is 27.9. The lowest BCUT2D eigenvalue weighted by Gasteiger charge is -2.40. The highest BCUT2D eigenvalue weighted by Gasteiger charge is 2.32. The van der Waals surface area contributed by atoms with Gasteiger partial charge in [0.1, 0.15) is 21.7 Å². The highest BCUT2D eigenvalue weighted by atomic mass is 35.5. The van der Waals surface area contributed by atoms with E-state index in [4.69, 9.17) is 27.7 Å². The lowest BCUT2D eigenvalue weighted by atomic mass is 9.84. The standard InChI is InChI=1S/C31H42ClN7O.C26H29ClFN9O2/c1-19-14-26(24-9-11-38(12-10-24)30(40)18-39-22(4)7-6-8-23(39)5)20(2)13-25(19)16-28-33-17-27(32)31(34-28)35-29-15-21(3)36-37-29;1-13(2)22-32-24(39-36-22)25(38)37-7-5-16(6-8-37)17-11-19(28)20(9-14(17)3)30-26-29-12-18(27)23(33-26)31-21-10-15(4)34-35-21/h13-15,17,22-24H,6-12,16,18H2,1-5H3,(H2,33,34,35,36,37);9-13,16H,5-8H2,1-4H3,(H3,29,30,31,33,34,35). The van der Waals surface area contributed by atoms with Crippen LogP contribution in [0.3, 0.4) is 0 Å². The molecule has 0 bridgehead atoms. The summed E-state index contributed by atoms with van der Waals surface area (Å²) in [6, 6.07) is 12.6. The Kier molecular flexibility index (Phi) is 17.9. The predicted octanol–water partition coefficient (Wildman–Crippen LogP) is 11.7. The van der Waals surface area contributed by atoms with Gasteiger partial charge < -0.3 is 30.3 Å². The molecule has 0 spiro atoms. The van der Waals surface area contributed by atoms with Crippen LogP contribution in [0.25, 0.3) is 0 Å². The topological polar surface area (TPSA) is 228 Å². The molecule has 2 amide bonds. The zero-order valence-corrected chi connectivity index (χ0v) is 48.0. The number of nitrogens with one attached hydrogen (secondary N) is 5. The van der Waals surface area contributed by atoms with Crippen molar-refractivity contribution in [2.24, 2.45) is 0 Å². The number of aryl methyl sites for hydroxylation is 5. The number of hydrogen-bond donors (Lipinski definition) is 5. The van der Waals surface area contributed by atoms with Crippen LogP contribution in [0.2, 0.25) is 10.0 Å². The van der Waals surface area contributed by atoms with Crippen LogP contribution in [0.4, 0.5) is 39.3 Å². The largest absolute Gasteiger partial charge is 0.342 e. The average molecular weight is 1120 g/mol. The molecule has 3 saturated heterocycles. The fourth-order valence-electron chi connectivity index (χ4n) is 10.9. The van der Waals surface area contributed by atoms with Gasteiger partial charge in [0.05, 0.1) is 24.6 Å². The fraction of sp³-hybridized carbons (Fsp3) is 0.474. The molecule has 10 rings (SSSR count). The highest BCUT2D eigenvalue weighted by molar-refractivity contribution is 6.33. The molecule has 3 aliphatic rings. The molecular formula is C57H71Cl2FN16O3. The van der Waals surface area contributed by atoms with Gasteiger partial charge in [0.15, 0.2) is 29.1 Å². The first kappa shape index (κ1) is 56.7. The highest BCUT2D eigenvalue weighted by Crippen LogP contribution is 2.36. The van der Waals surface area contributed by atoms with E-state index in [0.717, 1.165) is 48.4 Å². The van der Waals surface area contributed by atoms with Gasteiger partial charge in [-0.25, -0.2) is 19.3 Å². The summed E-state index contributed by atoms with van der Waals surface area (Å²) in [6.07, 6.45) is 10.8. The molecule has 0 aliphatic carbocycles. The van der Waals surface area contributed by atoms with Crippen molar-refractivity contribution < 1.29 is 18.5 Å². The maximum Gasteiger partial charge on any atom is 0.316 e. The van der Waals surface area contributed by atoms with E-state index in [9.17, 15) is 9.59 Å². The summed E-state index contributed by atoms with van der Waals surface area (Å²) < 4.78 is 20.4. The van der Waals surface area contributed by atoms with E-state index in [1.807, 2.05) is 40.7 Å². The number of carbonyl (C=O) groups is 2. The number of carbonyl (C=O) groups excluding carboxylic acids is 2. The molecule has 3 aliphatic heterocycles. The Morgan fingerprint density at radius 3 is 1.86 bits per heavy atom. The molecule has 22 heteroatoms. The van der Waals surface area contributed by atoms with Crippen molar-refractivity contribution in [2.75, 3.05) is 48.7 Å². The van der Waals surface area contributed by atoms with Gasteiger partial charge in [-0.15, -0.1) is 0 Å². The second-order valence-corrected chi connectivity index (χ2v) is 22.6. The quantitative estimate of drug-likeness (QED) is 0.0682. The van der Waals surface area contributed by atoms with E-state index < -0.39 is 5.82 Å². The number of hydrogen-bond acceptors (Lipinski definition) is 15. The Morgan fingerprint density at radius 2 is 1.28 bits per heavy atom. The number of halogens is 3. The molecule has 79 heavy (non-hydrogen) atoms. The van der Waals surface area contributed by atoms with Gasteiger partial charge >= 0.3 is 11.8 Å². The van der Waals surface area contributed by atoms with E-state index in [1.165, 1.54) is 47.7 Å². The van der Waals surface area contributed by atoms with Crippen LogP contribution < -0.4 is 16.0 Å². The first-order valence-corrected chi connectivity index (χ1v) is 28.1. The fourth-order valence-corrected chi connectivity index (χ4v) is 11.2. The van der Waals surface area contributed by atoms with E-state index >= 15 is 4.39 Å². The van der Waals surface area contributed by atoms with E-state index in [0.29, 0.717) is 108 Å². The Morgan fingerprint density at radius 1 is 0.709 bits per heavy atom. The lowest BCUT2D eigenvalue weighted by molar-refractivity contribution is -0.135. The Labute approximate surface area is 470 Å². The van der Waals surface area contributed by atoms with Gasteiger partial charge in [0.2, 0.25) is 11.9 Å². The molecular weight excluding hydrogens is 1050 g/mol. The minimum Gasteiger partial charge on any atom is -0.342 e. The van der Waals surface area contributed by atoms with Gasteiger partial charge in [0.25, 0.3) is 0 Å². The Bertz CT molecular complexity index is 3260. The molecule has 3 fully saturated rings. The van der Waals surface area contributed by atoms with E-state index in [-0.39, 0.29) is 35.3 Å². The molecule has 5 N–H and O–H groups in total. The van der Waals surface area contributed by atoms with Crippen LogP contribution in [0.5, 0.6) is 0 Å². The molecule has 0 radical (unpaired) electrons. The van der Waals surface area contributed by atoms with Crippen LogP contribution in [0, 0.1) is 40.4 Å². The smallest absolute Gasteiger partial charge is 0.316 e. The van der Waals surface area contributed by atoms with Crippen molar-refractivity contribution in [3.63, 3.8) is 0 Å². The van der Waals surface area contributed by atoms with E-state index in [1.54, 1.807) is 29.3 Å². The summed E-state index contributed by atoms with van der Waals surface area (Å²) in [7, 11) is 0. The molecule has 2 aromatic carbocycles. The van der Waals surface area contributed by atoms with Gasteiger partial charge in [-0.05, 0) is 144 Å². The average Bonchev–Trinajstić information content (AvgIpc) is 4.25. The SMILES string of the molecule is Cc1cc(Nc2nc(Cc3cc(C)c(C4CCN(C(=O)CN5C(C)CCCC5C)CC4)cc3C)ncc2Cl)n[nH]1.Cc1cc(Nc2nc(Nc3cc(C)c(C4CCN(C(=O)c5nc(C(C)C)no5)CC4)cc3F)ncc2Cl)n[nH]1. The van der Waals surface area contributed by atoms with Crippen molar-refractivity contribution in [3.8, 4) is 0 Å². The summed E-state index contributed by atoms with van der Waals surface area (Å²) >= 11 is 12.6. The van der Waals surface area contributed by atoms with Crippen molar-refractivity contribution in [1.82, 2.24) is 65.2 Å². The summed E-state index contributed by atoms with van der Waals surface area (Å²) in [5.74, 6) is 3.81. The number of H-pyrrole nitrogens is 2. The number of nitrogens with zero attached hydrogens (tertiary/aromatic N) is 11. The first-order chi connectivity index (χ1) is 37.8. The minimum absolute atomic E-state index is 0.0112. The monoisotopic (exact) mass is 1120 g/mol. The molecule has 0 saturated carbocycles. The molecule has 5 aromatic heterocycles. The number of piperidine rings is 3. The van der Waals surface area contributed by atoms with Crippen LogP contribution in [-0.2, 0) is 11.2 Å². The van der Waals surface area contributed by atoms with Crippen LogP contribution >= 0.6 is 23.2 Å². The zero-order chi connectivity index (χ0) is 56.1. The third-order valence-electron chi connectivity index (χ3n) is 15.5. The van der Waals surface area contributed by atoms with E-state index in [2.05, 4.69) is 116 Å². The number of anilines is 6. The van der Waals surface area contributed by atoms with Crippen LogP contribution in [0.1, 0.15) is 157 Å². The summed E-state index contributed by atoms with van der Waals surface area (Å²) in [5.41, 5.74) is 9.08. The van der Waals surface area contributed by atoms with Gasteiger partial charge in [-0.2, -0.15) is 20.2 Å². The van der Waals surface area contributed by atoms with Crippen LogP contribution in [0.15, 0.2) is 53.3 Å². The minimum atomic E-state index is -0.419. The maximum atomic E-state index is 15.2. The van der Waals surface area contributed by atoms with Gasteiger partial charge in [-0.1, -0.05) is 60.8 Å². The second kappa shape index (κ2) is 25.0. The van der Waals surface area contributed by atoms with Crippen molar-refractivity contribution in [3.05, 3.63) is 127 Å². The number of rotatable bonds is 14. The zero-order valence-electron chi connectivity index (χ0n) is 46.5.